The molecule has 2 rings (SSSR count). The second-order valence-corrected chi connectivity index (χ2v) is 4.13. The molecule has 1 amide bonds. The Morgan fingerprint density at radius 3 is 2.40 bits per heavy atom. The Hall–Kier alpha value is -2.15. The van der Waals surface area contributed by atoms with Crippen LogP contribution in [0.25, 0.3) is 0 Å². The number of anilines is 1. The maximum absolute atomic E-state index is 12.8. The maximum atomic E-state index is 12.8. The van der Waals surface area contributed by atoms with E-state index in [0.717, 1.165) is 12.1 Å². The number of hydrogen-bond acceptors (Lipinski definition) is 3. The lowest BCUT2D eigenvalue weighted by atomic mass is 10.1. The molecule has 0 aliphatic carbocycles. The molecule has 1 heterocycles. The van der Waals surface area contributed by atoms with Gasteiger partial charge in [0.2, 0.25) is 0 Å². The molecule has 20 heavy (non-hydrogen) atoms. The van der Waals surface area contributed by atoms with Crippen molar-refractivity contribution in [3.05, 3.63) is 52.7 Å². The highest BCUT2D eigenvalue weighted by atomic mass is 35.5. The van der Waals surface area contributed by atoms with Crippen molar-refractivity contribution in [2.24, 2.45) is 0 Å². The van der Waals surface area contributed by atoms with E-state index in [2.05, 4.69) is 15.5 Å². The number of halogens is 4. The molecule has 1 aromatic heterocycles. The van der Waals surface area contributed by atoms with Crippen LogP contribution in [0.5, 0.6) is 0 Å². The van der Waals surface area contributed by atoms with Crippen LogP contribution in [0, 0.1) is 0 Å². The number of benzene rings is 1. The molecule has 2 aromatic rings. The van der Waals surface area contributed by atoms with Crippen molar-refractivity contribution < 1.29 is 18.0 Å². The van der Waals surface area contributed by atoms with Gasteiger partial charge in [0.1, 0.15) is 0 Å². The summed E-state index contributed by atoms with van der Waals surface area (Å²) in [5.74, 6) is -0.911. The van der Waals surface area contributed by atoms with E-state index in [1.807, 2.05) is 0 Å². The van der Waals surface area contributed by atoms with Crippen LogP contribution in [0.15, 0.2) is 36.4 Å². The molecule has 0 atom stereocenters. The SMILES string of the molecule is O=C(Nc1ccc(Cl)nn1)c1ccccc1C(F)(F)F. The van der Waals surface area contributed by atoms with Gasteiger partial charge in [0.25, 0.3) is 5.91 Å². The number of alkyl halides is 3. The molecule has 0 saturated heterocycles. The molecule has 4 nitrogen and oxygen atoms in total. The van der Waals surface area contributed by atoms with Gasteiger partial charge in [-0.3, -0.25) is 4.79 Å². The Morgan fingerprint density at radius 1 is 1.10 bits per heavy atom. The second kappa shape index (κ2) is 5.46. The zero-order valence-corrected chi connectivity index (χ0v) is 10.5. The highest BCUT2D eigenvalue weighted by molar-refractivity contribution is 6.29. The average Bonchev–Trinajstić information content (AvgIpc) is 2.40. The van der Waals surface area contributed by atoms with Crippen LogP contribution in [-0.2, 0) is 6.18 Å². The first-order chi connectivity index (χ1) is 9.38. The normalized spacial score (nSPS) is 11.2. The highest BCUT2D eigenvalue weighted by Gasteiger charge is 2.34. The summed E-state index contributed by atoms with van der Waals surface area (Å²) in [6.07, 6.45) is -4.61. The average molecular weight is 302 g/mol. The summed E-state index contributed by atoms with van der Waals surface area (Å²) in [6, 6.07) is 7.17. The number of carbonyl (C=O) groups is 1. The number of rotatable bonds is 2. The molecule has 0 fully saturated rings. The Bertz CT molecular complexity index is 629. The van der Waals surface area contributed by atoms with Crippen LogP contribution >= 0.6 is 11.6 Å². The number of aromatic nitrogens is 2. The summed E-state index contributed by atoms with van der Waals surface area (Å²) in [4.78, 5) is 11.9. The maximum Gasteiger partial charge on any atom is 0.417 e. The fourth-order valence-electron chi connectivity index (χ4n) is 1.49. The van der Waals surface area contributed by atoms with Crippen molar-refractivity contribution in [3.8, 4) is 0 Å². The predicted molar refractivity (Wildman–Crippen MR) is 66.4 cm³/mol. The Balaban J connectivity index is 2.28. The number of amides is 1. The van der Waals surface area contributed by atoms with Gasteiger partial charge in [-0.15, -0.1) is 10.2 Å². The molecule has 1 aromatic carbocycles. The number of hydrogen-bond donors (Lipinski definition) is 1. The van der Waals surface area contributed by atoms with E-state index >= 15 is 0 Å². The first-order valence-electron chi connectivity index (χ1n) is 5.35. The third-order valence-electron chi connectivity index (χ3n) is 2.35. The van der Waals surface area contributed by atoms with Crippen molar-refractivity contribution in [2.75, 3.05) is 5.32 Å². The van der Waals surface area contributed by atoms with Crippen LogP contribution in [0.3, 0.4) is 0 Å². The quantitative estimate of drug-likeness (QED) is 0.925. The van der Waals surface area contributed by atoms with Gasteiger partial charge in [-0.2, -0.15) is 13.2 Å². The highest BCUT2D eigenvalue weighted by Crippen LogP contribution is 2.32. The lowest BCUT2D eigenvalue weighted by Crippen LogP contribution is -2.19. The molecule has 0 aliphatic heterocycles. The monoisotopic (exact) mass is 301 g/mol. The van der Waals surface area contributed by atoms with Crippen LogP contribution in [0.1, 0.15) is 15.9 Å². The van der Waals surface area contributed by atoms with Gasteiger partial charge in [-0.25, -0.2) is 0 Å². The topological polar surface area (TPSA) is 54.9 Å². The van der Waals surface area contributed by atoms with Crippen molar-refractivity contribution in [1.82, 2.24) is 10.2 Å². The number of nitrogens with zero attached hydrogens (tertiary/aromatic N) is 2. The molecule has 0 radical (unpaired) electrons. The molecule has 0 aliphatic rings. The minimum atomic E-state index is -4.61. The van der Waals surface area contributed by atoms with Crippen LogP contribution in [0.2, 0.25) is 5.15 Å². The molecule has 0 spiro atoms. The first kappa shape index (κ1) is 14.3. The van der Waals surface area contributed by atoms with Crippen LogP contribution in [0.4, 0.5) is 19.0 Å². The first-order valence-corrected chi connectivity index (χ1v) is 5.72. The molecule has 8 heteroatoms. The molecular formula is C12H7ClF3N3O. The van der Waals surface area contributed by atoms with Crippen molar-refractivity contribution >= 4 is 23.3 Å². The molecule has 0 saturated carbocycles. The minimum absolute atomic E-state index is 0.0105. The summed E-state index contributed by atoms with van der Waals surface area (Å²) >= 11 is 5.52. The minimum Gasteiger partial charge on any atom is -0.305 e. The zero-order chi connectivity index (χ0) is 14.8. The van der Waals surface area contributed by atoms with E-state index in [1.54, 1.807) is 0 Å². The van der Waals surface area contributed by atoms with E-state index in [0.29, 0.717) is 0 Å². The number of nitrogens with one attached hydrogen (secondary N) is 1. The third-order valence-corrected chi connectivity index (χ3v) is 2.55. The predicted octanol–water partition coefficient (Wildman–Crippen LogP) is 3.40. The van der Waals surface area contributed by atoms with Crippen molar-refractivity contribution in [2.45, 2.75) is 6.18 Å². The molecule has 1 N–H and O–H groups in total. The van der Waals surface area contributed by atoms with E-state index in [4.69, 9.17) is 11.6 Å². The van der Waals surface area contributed by atoms with Gasteiger partial charge in [0.05, 0.1) is 11.1 Å². The van der Waals surface area contributed by atoms with E-state index in [1.165, 1.54) is 24.3 Å². The Kier molecular flexibility index (Phi) is 3.89. The van der Waals surface area contributed by atoms with Gasteiger partial charge in [-0.05, 0) is 24.3 Å². The molecule has 0 bridgehead atoms. The standard InChI is InChI=1S/C12H7ClF3N3O/c13-9-5-6-10(19-18-9)17-11(20)7-3-1-2-4-8(7)12(14,15)16/h1-6H,(H,17,19,20). The van der Waals surface area contributed by atoms with Crippen molar-refractivity contribution in [1.29, 1.82) is 0 Å². The van der Waals surface area contributed by atoms with E-state index < -0.39 is 23.2 Å². The Labute approximate surface area is 116 Å². The Morgan fingerprint density at radius 2 is 1.80 bits per heavy atom. The van der Waals surface area contributed by atoms with Gasteiger partial charge in [0.15, 0.2) is 11.0 Å². The summed E-state index contributed by atoms with van der Waals surface area (Å²) in [6.45, 7) is 0. The van der Waals surface area contributed by atoms with Gasteiger partial charge < -0.3 is 5.32 Å². The van der Waals surface area contributed by atoms with E-state index in [-0.39, 0.29) is 11.0 Å². The fraction of sp³-hybridized carbons (Fsp3) is 0.0833. The van der Waals surface area contributed by atoms with Gasteiger partial charge in [-0.1, -0.05) is 23.7 Å². The largest absolute Gasteiger partial charge is 0.417 e. The molecular weight excluding hydrogens is 295 g/mol. The summed E-state index contributed by atoms with van der Waals surface area (Å²) in [5, 5.41) is 9.35. The second-order valence-electron chi connectivity index (χ2n) is 3.74. The summed E-state index contributed by atoms with van der Waals surface area (Å²) < 4.78 is 38.3. The molecule has 104 valence electrons. The van der Waals surface area contributed by atoms with Crippen molar-refractivity contribution in [3.63, 3.8) is 0 Å². The van der Waals surface area contributed by atoms with Crippen LogP contribution < -0.4 is 5.32 Å². The zero-order valence-electron chi connectivity index (χ0n) is 9.78. The fourth-order valence-corrected chi connectivity index (χ4v) is 1.60. The molecule has 0 unspecified atom stereocenters. The third kappa shape index (κ3) is 3.24. The number of carbonyl (C=O) groups excluding carboxylic acids is 1. The van der Waals surface area contributed by atoms with Gasteiger partial charge in [0, 0.05) is 0 Å². The van der Waals surface area contributed by atoms with Crippen LogP contribution in [-0.4, -0.2) is 16.1 Å². The summed E-state index contributed by atoms with van der Waals surface area (Å²) in [5.41, 5.74) is -1.50. The smallest absolute Gasteiger partial charge is 0.305 e. The lowest BCUT2D eigenvalue weighted by molar-refractivity contribution is -0.137. The van der Waals surface area contributed by atoms with E-state index in [9.17, 15) is 18.0 Å². The lowest BCUT2D eigenvalue weighted by Gasteiger charge is -2.12. The van der Waals surface area contributed by atoms with Gasteiger partial charge >= 0.3 is 6.18 Å². The summed E-state index contributed by atoms with van der Waals surface area (Å²) in [7, 11) is 0.